The van der Waals surface area contributed by atoms with Gasteiger partial charge in [-0.15, -0.1) is 0 Å². The first-order valence-corrected chi connectivity index (χ1v) is 14.3. The van der Waals surface area contributed by atoms with E-state index in [0.29, 0.717) is 37.1 Å². The smallest absolute Gasteiger partial charge is 0.240 e. The minimum absolute atomic E-state index is 0.0159. The summed E-state index contributed by atoms with van der Waals surface area (Å²) in [5.41, 5.74) is 1.71. The van der Waals surface area contributed by atoms with Crippen LogP contribution in [0, 0.1) is 0 Å². The lowest BCUT2D eigenvalue weighted by atomic mass is 10.1. The molecule has 1 aliphatic carbocycles. The Morgan fingerprint density at radius 2 is 1.03 bits per heavy atom. The van der Waals surface area contributed by atoms with Crippen molar-refractivity contribution in [2.75, 3.05) is 54.4 Å². The molecule has 3 rings (SSSR count). The lowest BCUT2D eigenvalue weighted by molar-refractivity contribution is -0.858. The van der Waals surface area contributed by atoms with E-state index in [1.54, 1.807) is 12.1 Å². The van der Waals surface area contributed by atoms with Crippen molar-refractivity contribution in [2.24, 2.45) is 0 Å². The number of ketones is 1. The minimum atomic E-state index is -3.76. The van der Waals surface area contributed by atoms with E-state index in [1.165, 1.54) is 34.1 Å². The van der Waals surface area contributed by atoms with Gasteiger partial charge in [-0.25, -0.2) is 26.3 Å². The van der Waals surface area contributed by atoms with Crippen molar-refractivity contribution < 1.29 is 31.4 Å². The quantitative estimate of drug-likeness (QED) is 0.222. The topological polar surface area (TPSA) is 118 Å². The fraction of sp³-hybridized carbons (Fsp3) is 0.435. The number of fused-ring (bicyclic) bond motifs is 3. The van der Waals surface area contributed by atoms with Crippen LogP contribution in [-0.2, 0) is 20.0 Å². The third-order valence-electron chi connectivity index (χ3n) is 5.67. The van der Waals surface area contributed by atoms with Gasteiger partial charge in [0.2, 0.25) is 20.0 Å². The van der Waals surface area contributed by atoms with Crippen molar-refractivity contribution in [3.63, 3.8) is 0 Å². The van der Waals surface area contributed by atoms with Crippen LogP contribution < -0.4 is 19.2 Å². The second-order valence-corrected chi connectivity index (χ2v) is 12.7. The molecule has 0 saturated heterocycles. The number of nitrogens with one attached hydrogen (secondary N) is 4. The highest BCUT2D eigenvalue weighted by Gasteiger charge is 2.30. The number of rotatable bonds is 12. The average Bonchev–Trinajstić information content (AvgIpc) is 3.05. The van der Waals surface area contributed by atoms with Gasteiger partial charge in [0.1, 0.15) is 0 Å². The van der Waals surface area contributed by atoms with Crippen LogP contribution in [0.25, 0.3) is 11.1 Å². The molecule has 0 atom stereocenters. The van der Waals surface area contributed by atoms with Crippen molar-refractivity contribution in [1.82, 2.24) is 9.44 Å². The molecule has 0 aromatic heterocycles. The first-order valence-electron chi connectivity index (χ1n) is 11.3. The lowest BCUT2D eigenvalue weighted by Crippen LogP contribution is -3.05. The Morgan fingerprint density at radius 1 is 0.647 bits per heavy atom. The molecule has 0 amide bonds. The Balaban J connectivity index is 1.79. The summed E-state index contributed by atoms with van der Waals surface area (Å²) in [5.74, 6) is -0.383. The number of benzene rings is 2. The molecule has 2 aromatic rings. The molecule has 1 aliphatic rings. The summed E-state index contributed by atoms with van der Waals surface area (Å²) < 4.78 is 55.9. The largest absolute Gasteiger partial charge is 0.340 e. The summed E-state index contributed by atoms with van der Waals surface area (Å²) in [7, 11) is 0.468. The predicted octanol–water partition coefficient (Wildman–Crippen LogP) is -1.48. The van der Waals surface area contributed by atoms with Crippen LogP contribution in [0.15, 0.2) is 46.2 Å². The number of carbonyl (C=O) groups excluding carboxylic acids is 1. The number of hydrogen-bond donors (Lipinski definition) is 4. The molecule has 0 unspecified atom stereocenters. The van der Waals surface area contributed by atoms with E-state index in [1.807, 2.05) is 28.2 Å². The fourth-order valence-corrected chi connectivity index (χ4v) is 6.04. The third kappa shape index (κ3) is 6.09. The average molecular weight is 511 g/mol. The molecular formula is C23H34N4O5S2+2. The van der Waals surface area contributed by atoms with Crippen LogP contribution >= 0.6 is 0 Å². The second kappa shape index (κ2) is 10.6. The Hall–Kier alpha value is -2.15. The van der Waals surface area contributed by atoms with Gasteiger partial charge in [0.05, 0.1) is 51.1 Å². The van der Waals surface area contributed by atoms with Gasteiger partial charge in [0.25, 0.3) is 0 Å². The fourth-order valence-electron chi connectivity index (χ4n) is 3.84. The van der Waals surface area contributed by atoms with E-state index in [0.717, 1.165) is 13.1 Å². The SMILES string of the molecule is C[NH+](C)CCCNS(=O)(=O)c1ccc2c(c1)C(=O)c1cc(S(=O)(=O)NCCC[NH+](C)C)ccc1-2. The molecule has 34 heavy (non-hydrogen) atoms. The molecule has 0 saturated carbocycles. The minimum Gasteiger partial charge on any atom is -0.340 e. The van der Waals surface area contributed by atoms with Crippen LogP contribution in [-0.4, -0.2) is 77.0 Å². The zero-order valence-corrected chi connectivity index (χ0v) is 21.7. The van der Waals surface area contributed by atoms with Gasteiger partial charge in [-0.2, -0.15) is 0 Å². The Bertz CT molecular complexity index is 1170. The molecule has 0 heterocycles. The van der Waals surface area contributed by atoms with Crippen molar-refractivity contribution in [3.05, 3.63) is 47.5 Å². The number of quaternary nitrogens is 2. The molecule has 11 heteroatoms. The van der Waals surface area contributed by atoms with Gasteiger partial charge >= 0.3 is 0 Å². The van der Waals surface area contributed by atoms with Gasteiger partial charge < -0.3 is 9.80 Å². The molecule has 186 valence electrons. The maximum atomic E-state index is 13.1. The Kier molecular flexibility index (Phi) is 8.27. The first kappa shape index (κ1) is 26.5. The molecule has 0 bridgehead atoms. The first-order chi connectivity index (χ1) is 15.9. The maximum Gasteiger partial charge on any atom is 0.240 e. The summed E-state index contributed by atoms with van der Waals surface area (Å²) in [6, 6.07) is 8.89. The monoisotopic (exact) mass is 510 g/mol. The standard InChI is InChI=1S/C23H32N4O5S2/c1-26(2)13-5-11-24-33(29,30)17-7-9-19-20-10-8-18(16-22(20)23(28)21(19)15-17)34(31,32)25-12-6-14-27(3)4/h7-10,15-16,24-25H,5-6,11-14H2,1-4H3/p+2. The second-order valence-electron chi connectivity index (χ2n) is 9.16. The number of carbonyl (C=O) groups is 1. The van der Waals surface area contributed by atoms with Crippen LogP contribution in [0.3, 0.4) is 0 Å². The zero-order chi connectivity index (χ0) is 25.1. The predicted molar refractivity (Wildman–Crippen MR) is 130 cm³/mol. The Morgan fingerprint density at radius 3 is 1.38 bits per heavy atom. The maximum absolute atomic E-state index is 13.1. The van der Waals surface area contributed by atoms with Gasteiger partial charge in [0.15, 0.2) is 5.78 Å². The van der Waals surface area contributed by atoms with E-state index in [-0.39, 0.29) is 26.7 Å². The molecule has 0 fully saturated rings. The lowest BCUT2D eigenvalue weighted by Gasteiger charge is -2.10. The van der Waals surface area contributed by atoms with Crippen LogP contribution in [0.5, 0.6) is 0 Å². The van der Waals surface area contributed by atoms with Gasteiger partial charge in [0, 0.05) is 37.1 Å². The van der Waals surface area contributed by atoms with Crippen LogP contribution in [0.1, 0.15) is 28.8 Å². The molecular weight excluding hydrogens is 476 g/mol. The van der Waals surface area contributed by atoms with Gasteiger partial charge in [-0.05, 0) is 35.4 Å². The summed E-state index contributed by atoms with van der Waals surface area (Å²) >= 11 is 0. The highest BCUT2D eigenvalue weighted by molar-refractivity contribution is 7.89. The Labute approximate surface area is 202 Å². The van der Waals surface area contributed by atoms with E-state index in [4.69, 9.17) is 0 Å². The number of sulfonamides is 2. The molecule has 0 aliphatic heterocycles. The summed E-state index contributed by atoms with van der Waals surface area (Å²) in [6.07, 6.45) is 1.39. The van der Waals surface area contributed by atoms with Gasteiger partial charge in [-0.1, -0.05) is 12.1 Å². The molecule has 0 radical (unpaired) electrons. The van der Waals surface area contributed by atoms with Crippen molar-refractivity contribution >= 4 is 25.8 Å². The number of hydrogen-bond acceptors (Lipinski definition) is 5. The summed E-state index contributed by atoms with van der Waals surface area (Å²) in [6.45, 7) is 2.28. The van der Waals surface area contributed by atoms with Crippen molar-refractivity contribution in [3.8, 4) is 11.1 Å². The van der Waals surface area contributed by atoms with E-state index >= 15 is 0 Å². The van der Waals surface area contributed by atoms with E-state index < -0.39 is 20.0 Å². The normalized spacial score (nSPS) is 13.5. The van der Waals surface area contributed by atoms with Crippen LogP contribution in [0.4, 0.5) is 0 Å². The highest BCUT2D eigenvalue weighted by atomic mass is 32.2. The summed E-state index contributed by atoms with van der Waals surface area (Å²) in [4.78, 5) is 15.6. The summed E-state index contributed by atoms with van der Waals surface area (Å²) in [5, 5.41) is 0. The van der Waals surface area contributed by atoms with Crippen molar-refractivity contribution in [2.45, 2.75) is 22.6 Å². The van der Waals surface area contributed by atoms with Crippen molar-refractivity contribution in [1.29, 1.82) is 0 Å². The third-order valence-corrected chi connectivity index (χ3v) is 8.59. The van der Waals surface area contributed by atoms with E-state index in [2.05, 4.69) is 9.44 Å². The molecule has 4 N–H and O–H groups in total. The zero-order valence-electron chi connectivity index (χ0n) is 20.1. The molecule has 0 spiro atoms. The van der Waals surface area contributed by atoms with E-state index in [9.17, 15) is 21.6 Å². The molecule has 2 aromatic carbocycles. The van der Waals surface area contributed by atoms with Gasteiger partial charge in [-0.3, -0.25) is 4.79 Å². The molecule has 9 nitrogen and oxygen atoms in total. The van der Waals surface area contributed by atoms with Crippen LogP contribution in [0.2, 0.25) is 0 Å². The highest BCUT2D eigenvalue weighted by Crippen LogP contribution is 2.38.